The largest absolute Gasteiger partial charge is 0.329 e. The Morgan fingerprint density at radius 2 is 1.79 bits per heavy atom. The Kier molecular flexibility index (Phi) is 6.78. The molecule has 5 nitrogen and oxygen atoms in total. The van der Waals surface area contributed by atoms with Gasteiger partial charge < -0.3 is 5.32 Å². The van der Waals surface area contributed by atoms with E-state index in [2.05, 4.69) is 15.8 Å². The summed E-state index contributed by atoms with van der Waals surface area (Å²) in [6.45, 7) is 0. The van der Waals surface area contributed by atoms with Crippen molar-refractivity contribution in [3.8, 4) is 0 Å². The van der Waals surface area contributed by atoms with E-state index in [0.29, 0.717) is 11.4 Å². The van der Waals surface area contributed by atoms with E-state index in [0.717, 1.165) is 6.42 Å². The van der Waals surface area contributed by atoms with Gasteiger partial charge in [0, 0.05) is 11.2 Å². The molecule has 0 radical (unpaired) electrons. The average Bonchev–Trinajstić information content (AvgIpc) is 2.58. The lowest BCUT2D eigenvalue weighted by atomic mass is 10.1. The van der Waals surface area contributed by atoms with Gasteiger partial charge in [-0.15, -0.1) is 0 Å². The van der Waals surface area contributed by atoms with Gasteiger partial charge in [-0.25, -0.2) is 5.43 Å². The van der Waals surface area contributed by atoms with Crippen LogP contribution in [-0.2, 0) is 16.0 Å². The zero-order valence-electron chi connectivity index (χ0n) is 12.6. The quantitative estimate of drug-likeness (QED) is 0.483. The van der Waals surface area contributed by atoms with E-state index >= 15 is 0 Å². The van der Waals surface area contributed by atoms with Crippen LogP contribution in [0.2, 0.25) is 10.0 Å². The first kappa shape index (κ1) is 18.0. The highest BCUT2D eigenvalue weighted by Gasteiger charge is 2.14. The van der Waals surface area contributed by atoms with Crippen molar-refractivity contribution >= 4 is 46.9 Å². The maximum Gasteiger partial charge on any atom is 0.329 e. The molecular formula is C17H15Cl2N3O2. The van der Waals surface area contributed by atoms with E-state index in [9.17, 15) is 9.59 Å². The standard InChI is InChI=1S/C17H15Cl2N3O2/c18-13-8-9-14(19)15(11-13)21-16(23)17(24)22-20-10-4-7-12-5-2-1-3-6-12/h1-3,5-6,8-11H,4,7H2,(H,21,23)(H,22,24)/b20-10+. The number of hydrogen-bond donors (Lipinski definition) is 2. The molecule has 2 N–H and O–H groups in total. The van der Waals surface area contributed by atoms with Crippen molar-refractivity contribution in [1.82, 2.24) is 5.43 Å². The fourth-order valence-electron chi connectivity index (χ4n) is 1.87. The van der Waals surface area contributed by atoms with Crippen LogP contribution in [0.5, 0.6) is 0 Å². The van der Waals surface area contributed by atoms with Crippen molar-refractivity contribution < 1.29 is 9.59 Å². The number of carbonyl (C=O) groups excluding carboxylic acids is 2. The first-order valence-corrected chi connectivity index (χ1v) is 7.93. The molecule has 0 aromatic heterocycles. The van der Waals surface area contributed by atoms with E-state index in [1.165, 1.54) is 17.7 Å². The van der Waals surface area contributed by atoms with Crippen molar-refractivity contribution in [2.24, 2.45) is 5.10 Å². The van der Waals surface area contributed by atoms with E-state index in [4.69, 9.17) is 23.2 Å². The lowest BCUT2D eigenvalue weighted by Crippen LogP contribution is -2.32. The maximum absolute atomic E-state index is 11.8. The van der Waals surface area contributed by atoms with Gasteiger partial charge in [0.1, 0.15) is 0 Å². The van der Waals surface area contributed by atoms with Gasteiger partial charge >= 0.3 is 11.8 Å². The van der Waals surface area contributed by atoms with Gasteiger partial charge in [0.15, 0.2) is 0 Å². The van der Waals surface area contributed by atoms with Crippen LogP contribution in [0.4, 0.5) is 5.69 Å². The van der Waals surface area contributed by atoms with Crippen LogP contribution in [0, 0.1) is 0 Å². The number of hydrazone groups is 1. The summed E-state index contributed by atoms with van der Waals surface area (Å²) in [5.41, 5.74) is 3.60. The van der Waals surface area contributed by atoms with Crippen LogP contribution >= 0.6 is 23.2 Å². The molecule has 0 fully saturated rings. The number of carbonyl (C=O) groups is 2. The maximum atomic E-state index is 11.8. The number of halogens is 2. The molecule has 7 heteroatoms. The van der Waals surface area contributed by atoms with Gasteiger partial charge in [0.05, 0.1) is 10.7 Å². The summed E-state index contributed by atoms with van der Waals surface area (Å²) in [4.78, 5) is 23.4. The lowest BCUT2D eigenvalue weighted by molar-refractivity contribution is -0.136. The van der Waals surface area contributed by atoms with Crippen LogP contribution < -0.4 is 10.7 Å². The number of rotatable bonds is 5. The molecule has 2 amide bonds. The molecule has 0 aliphatic rings. The summed E-state index contributed by atoms with van der Waals surface area (Å²) in [5.74, 6) is -1.76. The van der Waals surface area contributed by atoms with E-state index in [-0.39, 0.29) is 10.7 Å². The Hall–Kier alpha value is -2.37. The van der Waals surface area contributed by atoms with Gasteiger partial charge in [-0.1, -0.05) is 53.5 Å². The topological polar surface area (TPSA) is 70.6 Å². The van der Waals surface area contributed by atoms with Crippen LogP contribution in [0.3, 0.4) is 0 Å². The molecule has 0 bridgehead atoms. The molecule has 2 aromatic rings. The summed E-state index contributed by atoms with van der Waals surface area (Å²) in [6, 6.07) is 14.4. The third-order valence-corrected chi connectivity index (χ3v) is 3.61. The molecule has 24 heavy (non-hydrogen) atoms. The van der Waals surface area contributed by atoms with Crippen LogP contribution in [0.1, 0.15) is 12.0 Å². The van der Waals surface area contributed by atoms with Crippen LogP contribution in [0.15, 0.2) is 53.6 Å². The molecule has 124 valence electrons. The molecule has 0 saturated heterocycles. The number of anilines is 1. The number of amides is 2. The Labute approximate surface area is 149 Å². The second-order valence-electron chi connectivity index (χ2n) is 4.86. The minimum atomic E-state index is -0.887. The number of aryl methyl sites for hydroxylation is 1. The normalized spacial score (nSPS) is 10.6. The van der Waals surface area contributed by atoms with Gasteiger partial charge in [0.25, 0.3) is 0 Å². The molecule has 0 aliphatic carbocycles. The van der Waals surface area contributed by atoms with Gasteiger partial charge in [-0.05, 0) is 36.6 Å². The molecule has 0 heterocycles. The second-order valence-corrected chi connectivity index (χ2v) is 5.70. The monoisotopic (exact) mass is 363 g/mol. The summed E-state index contributed by atoms with van der Waals surface area (Å²) < 4.78 is 0. The highest BCUT2D eigenvalue weighted by atomic mass is 35.5. The van der Waals surface area contributed by atoms with Gasteiger partial charge in [-0.2, -0.15) is 5.10 Å². The van der Waals surface area contributed by atoms with E-state index < -0.39 is 11.8 Å². The third-order valence-electron chi connectivity index (χ3n) is 3.05. The Morgan fingerprint density at radius 1 is 1.04 bits per heavy atom. The molecule has 2 rings (SSSR count). The minimum Gasteiger partial charge on any atom is -0.316 e. The summed E-state index contributed by atoms with van der Waals surface area (Å²) in [7, 11) is 0. The molecule has 0 unspecified atom stereocenters. The van der Waals surface area contributed by atoms with E-state index in [1.54, 1.807) is 12.3 Å². The number of hydrogen-bond acceptors (Lipinski definition) is 3. The minimum absolute atomic E-state index is 0.261. The zero-order valence-corrected chi connectivity index (χ0v) is 14.1. The number of nitrogens with one attached hydrogen (secondary N) is 2. The highest BCUT2D eigenvalue weighted by Crippen LogP contribution is 2.25. The first-order valence-electron chi connectivity index (χ1n) is 7.18. The SMILES string of the molecule is O=C(N/N=C/CCc1ccccc1)C(=O)Nc1cc(Cl)ccc1Cl. The predicted molar refractivity (Wildman–Crippen MR) is 96.5 cm³/mol. The number of benzene rings is 2. The molecule has 0 aliphatic heterocycles. The fourth-order valence-corrected chi connectivity index (χ4v) is 2.20. The molecular weight excluding hydrogens is 349 g/mol. The van der Waals surface area contributed by atoms with Crippen molar-refractivity contribution in [1.29, 1.82) is 0 Å². The molecule has 2 aromatic carbocycles. The summed E-state index contributed by atoms with van der Waals surface area (Å²) in [5, 5.41) is 6.80. The van der Waals surface area contributed by atoms with E-state index in [1.807, 2.05) is 30.3 Å². The Balaban J connectivity index is 1.78. The van der Waals surface area contributed by atoms with Gasteiger partial charge in [0.2, 0.25) is 0 Å². The van der Waals surface area contributed by atoms with Crippen molar-refractivity contribution in [2.75, 3.05) is 5.32 Å². The Morgan fingerprint density at radius 3 is 2.54 bits per heavy atom. The fraction of sp³-hybridized carbons (Fsp3) is 0.118. The predicted octanol–water partition coefficient (Wildman–Crippen LogP) is 3.67. The number of nitrogens with zero attached hydrogens (tertiary/aromatic N) is 1. The van der Waals surface area contributed by atoms with Gasteiger partial charge in [-0.3, -0.25) is 9.59 Å². The first-order chi connectivity index (χ1) is 11.6. The highest BCUT2D eigenvalue weighted by molar-refractivity contribution is 6.42. The van der Waals surface area contributed by atoms with Crippen LogP contribution in [0.25, 0.3) is 0 Å². The smallest absolute Gasteiger partial charge is 0.316 e. The Bertz CT molecular complexity index is 749. The second kappa shape index (κ2) is 9.05. The summed E-state index contributed by atoms with van der Waals surface area (Å²) >= 11 is 11.7. The lowest BCUT2D eigenvalue weighted by Gasteiger charge is -2.06. The molecule has 0 saturated carbocycles. The average molecular weight is 364 g/mol. The van der Waals surface area contributed by atoms with Crippen molar-refractivity contribution in [2.45, 2.75) is 12.8 Å². The zero-order chi connectivity index (χ0) is 17.4. The summed E-state index contributed by atoms with van der Waals surface area (Å²) in [6.07, 6.45) is 2.99. The van der Waals surface area contributed by atoms with Crippen LogP contribution in [-0.4, -0.2) is 18.0 Å². The van der Waals surface area contributed by atoms with Crippen molar-refractivity contribution in [3.05, 3.63) is 64.1 Å². The van der Waals surface area contributed by atoms with Crippen molar-refractivity contribution in [3.63, 3.8) is 0 Å². The molecule has 0 atom stereocenters. The third kappa shape index (κ3) is 5.68. The molecule has 0 spiro atoms.